The molecule has 0 unspecified atom stereocenters. The maximum atomic E-state index is 5.35. The highest BCUT2D eigenvalue weighted by atomic mass is 32.1. The molecular weight excluding hydrogens is 292 g/mol. The van der Waals surface area contributed by atoms with Crippen molar-refractivity contribution in [2.24, 2.45) is 0 Å². The molecule has 110 valence electrons. The third-order valence-electron chi connectivity index (χ3n) is 3.26. The van der Waals surface area contributed by atoms with Crippen molar-refractivity contribution < 1.29 is 4.42 Å². The molecule has 0 amide bonds. The molecule has 0 aliphatic heterocycles. The highest BCUT2D eigenvalue weighted by Crippen LogP contribution is 2.27. The van der Waals surface area contributed by atoms with Crippen molar-refractivity contribution in [3.63, 3.8) is 0 Å². The van der Waals surface area contributed by atoms with Crippen LogP contribution in [-0.2, 0) is 6.54 Å². The summed E-state index contributed by atoms with van der Waals surface area (Å²) < 4.78 is 5.28. The lowest BCUT2D eigenvalue weighted by Gasteiger charge is -2.13. The van der Waals surface area contributed by atoms with Crippen LogP contribution in [0.2, 0.25) is 0 Å². The topological polar surface area (TPSA) is 37.2 Å². The van der Waals surface area contributed by atoms with Crippen molar-refractivity contribution in [1.82, 2.24) is 5.32 Å². The van der Waals surface area contributed by atoms with Crippen molar-refractivity contribution in [3.05, 3.63) is 78.8 Å². The number of nitrogens with one attached hydrogen (secondary N) is 2. The van der Waals surface area contributed by atoms with Crippen LogP contribution in [0.1, 0.15) is 5.76 Å². The molecule has 1 aromatic heterocycles. The largest absolute Gasteiger partial charge is 0.467 e. The van der Waals surface area contributed by atoms with Gasteiger partial charge in [-0.05, 0) is 36.0 Å². The fraction of sp³-hybridized carbons (Fsp3) is 0.0556. The molecule has 3 nitrogen and oxygen atoms in total. The summed E-state index contributed by atoms with van der Waals surface area (Å²) in [7, 11) is 0. The summed E-state index contributed by atoms with van der Waals surface area (Å²) in [5.41, 5.74) is 3.25. The van der Waals surface area contributed by atoms with Gasteiger partial charge in [0.2, 0.25) is 0 Å². The van der Waals surface area contributed by atoms with Gasteiger partial charge in [0.15, 0.2) is 5.11 Å². The lowest BCUT2D eigenvalue weighted by molar-refractivity contribution is 0.503. The highest BCUT2D eigenvalue weighted by molar-refractivity contribution is 7.80. The number of rotatable bonds is 4. The molecule has 0 aliphatic carbocycles. The van der Waals surface area contributed by atoms with Crippen LogP contribution >= 0.6 is 12.2 Å². The maximum absolute atomic E-state index is 5.35. The van der Waals surface area contributed by atoms with Gasteiger partial charge in [0.25, 0.3) is 0 Å². The molecule has 1 heterocycles. The zero-order chi connectivity index (χ0) is 15.2. The minimum absolute atomic E-state index is 0.562. The number of anilines is 1. The lowest BCUT2D eigenvalue weighted by Crippen LogP contribution is -2.27. The molecule has 2 N–H and O–H groups in total. The molecule has 0 saturated heterocycles. The molecule has 0 atom stereocenters. The van der Waals surface area contributed by atoms with Crippen molar-refractivity contribution in [2.45, 2.75) is 6.54 Å². The monoisotopic (exact) mass is 308 g/mol. The van der Waals surface area contributed by atoms with Crippen molar-refractivity contribution in [2.75, 3.05) is 5.32 Å². The van der Waals surface area contributed by atoms with E-state index in [0.29, 0.717) is 11.7 Å². The van der Waals surface area contributed by atoms with Crippen molar-refractivity contribution >= 4 is 23.0 Å². The number of thiocarbonyl (C=S) groups is 1. The summed E-state index contributed by atoms with van der Waals surface area (Å²) >= 11 is 5.35. The van der Waals surface area contributed by atoms with E-state index in [2.05, 4.69) is 28.8 Å². The number of furan rings is 1. The quantitative estimate of drug-likeness (QED) is 0.699. The second-order valence-corrected chi connectivity index (χ2v) is 5.21. The Morgan fingerprint density at radius 1 is 0.909 bits per heavy atom. The van der Waals surface area contributed by atoms with E-state index in [1.807, 2.05) is 48.5 Å². The van der Waals surface area contributed by atoms with Gasteiger partial charge in [-0.15, -0.1) is 0 Å². The van der Waals surface area contributed by atoms with E-state index in [1.54, 1.807) is 6.26 Å². The standard InChI is InChI=1S/C18H16N2OS/c22-18(19-13-15-9-6-12-21-15)20-17-11-5-4-10-16(17)14-7-2-1-3-8-14/h1-12H,13H2,(H2,19,20,22). The number of hydrogen-bond donors (Lipinski definition) is 2. The molecular formula is C18H16N2OS. The number of para-hydroxylation sites is 1. The Hall–Kier alpha value is -2.59. The Bertz CT molecular complexity index is 739. The fourth-order valence-electron chi connectivity index (χ4n) is 2.21. The van der Waals surface area contributed by atoms with Gasteiger partial charge in [0.05, 0.1) is 12.8 Å². The first-order chi connectivity index (χ1) is 10.8. The Kier molecular flexibility index (Phi) is 4.51. The SMILES string of the molecule is S=C(NCc1ccco1)Nc1ccccc1-c1ccccc1. The molecule has 22 heavy (non-hydrogen) atoms. The minimum Gasteiger partial charge on any atom is -0.467 e. The van der Waals surface area contributed by atoms with E-state index < -0.39 is 0 Å². The third kappa shape index (κ3) is 3.54. The molecule has 0 aliphatic rings. The Morgan fingerprint density at radius 3 is 2.45 bits per heavy atom. The first-order valence-corrected chi connectivity index (χ1v) is 7.45. The highest BCUT2D eigenvalue weighted by Gasteiger charge is 2.06. The molecule has 2 aromatic carbocycles. The van der Waals surface area contributed by atoms with E-state index in [1.165, 1.54) is 0 Å². The van der Waals surface area contributed by atoms with Gasteiger partial charge in [-0.1, -0.05) is 48.5 Å². The predicted molar refractivity (Wildman–Crippen MR) is 93.6 cm³/mol. The van der Waals surface area contributed by atoms with Crippen LogP contribution in [-0.4, -0.2) is 5.11 Å². The van der Waals surface area contributed by atoms with E-state index >= 15 is 0 Å². The molecule has 3 rings (SSSR count). The zero-order valence-corrected chi connectivity index (χ0v) is 12.8. The summed E-state index contributed by atoms with van der Waals surface area (Å²) in [6.07, 6.45) is 1.65. The molecule has 0 fully saturated rings. The van der Waals surface area contributed by atoms with Crippen LogP contribution in [0, 0.1) is 0 Å². The fourth-order valence-corrected chi connectivity index (χ4v) is 2.39. The van der Waals surface area contributed by atoms with Crippen LogP contribution in [0.5, 0.6) is 0 Å². The second-order valence-electron chi connectivity index (χ2n) is 4.80. The maximum Gasteiger partial charge on any atom is 0.171 e. The lowest BCUT2D eigenvalue weighted by atomic mass is 10.0. The zero-order valence-electron chi connectivity index (χ0n) is 12.0. The Labute approximate surface area is 135 Å². The number of benzene rings is 2. The molecule has 0 bridgehead atoms. The Balaban J connectivity index is 1.71. The third-order valence-corrected chi connectivity index (χ3v) is 3.51. The van der Waals surface area contributed by atoms with Crippen LogP contribution in [0.25, 0.3) is 11.1 Å². The van der Waals surface area contributed by atoms with Gasteiger partial charge < -0.3 is 15.1 Å². The minimum atomic E-state index is 0.562. The van der Waals surface area contributed by atoms with E-state index in [9.17, 15) is 0 Å². The van der Waals surface area contributed by atoms with Crippen molar-refractivity contribution in [3.8, 4) is 11.1 Å². The van der Waals surface area contributed by atoms with Gasteiger partial charge in [-0.25, -0.2) is 0 Å². The van der Waals surface area contributed by atoms with Crippen molar-refractivity contribution in [1.29, 1.82) is 0 Å². The van der Waals surface area contributed by atoms with Gasteiger partial charge in [-0.3, -0.25) is 0 Å². The smallest absolute Gasteiger partial charge is 0.171 e. The van der Waals surface area contributed by atoms with Gasteiger partial charge in [0.1, 0.15) is 5.76 Å². The van der Waals surface area contributed by atoms with Crippen LogP contribution in [0.15, 0.2) is 77.4 Å². The Morgan fingerprint density at radius 2 is 1.68 bits per heavy atom. The van der Waals surface area contributed by atoms with Crippen LogP contribution in [0.4, 0.5) is 5.69 Å². The van der Waals surface area contributed by atoms with Gasteiger partial charge in [0, 0.05) is 11.3 Å². The van der Waals surface area contributed by atoms with Crippen LogP contribution in [0.3, 0.4) is 0 Å². The summed E-state index contributed by atoms with van der Waals surface area (Å²) in [5.74, 6) is 0.848. The molecule has 3 aromatic rings. The predicted octanol–water partition coefficient (Wildman–Crippen LogP) is 4.43. The van der Waals surface area contributed by atoms with Gasteiger partial charge >= 0.3 is 0 Å². The summed E-state index contributed by atoms with van der Waals surface area (Å²) in [6.45, 7) is 0.562. The normalized spacial score (nSPS) is 10.2. The van der Waals surface area contributed by atoms with E-state index in [4.69, 9.17) is 16.6 Å². The molecule has 0 radical (unpaired) electrons. The molecule has 0 spiro atoms. The van der Waals surface area contributed by atoms with E-state index in [0.717, 1.165) is 22.6 Å². The average Bonchev–Trinajstić information content (AvgIpc) is 3.08. The summed E-state index contributed by atoms with van der Waals surface area (Å²) in [5, 5.41) is 6.96. The average molecular weight is 308 g/mol. The molecule has 4 heteroatoms. The van der Waals surface area contributed by atoms with Gasteiger partial charge in [-0.2, -0.15) is 0 Å². The van der Waals surface area contributed by atoms with Crippen LogP contribution < -0.4 is 10.6 Å². The summed E-state index contributed by atoms with van der Waals surface area (Å²) in [4.78, 5) is 0. The second kappa shape index (κ2) is 6.91. The molecule has 0 saturated carbocycles. The first kappa shape index (κ1) is 14.4. The number of hydrogen-bond acceptors (Lipinski definition) is 2. The summed E-state index contributed by atoms with van der Waals surface area (Å²) in [6, 6.07) is 22.1. The first-order valence-electron chi connectivity index (χ1n) is 7.04. The van der Waals surface area contributed by atoms with E-state index in [-0.39, 0.29) is 0 Å².